The van der Waals surface area contributed by atoms with Crippen LogP contribution in [0, 0.1) is 5.92 Å². The molecule has 1 amide bonds. The predicted molar refractivity (Wildman–Crippen MR) is 93.1 cm³/mol. The molecule has 2 atom stereocenters. The lowest BCUT2D eigenvalue weighted by molar-refractivity contribution is -0.137. The van der Waals surface area contributed by atoms with Crippen LogP contribution < -0.4 is 10.1 Å². The average Bonchev–Trinajstić information content (AvgIpc) is 3.36. The Balaban J connectivity index is 1.65. The van der Waals surface area contributed by atoms with Crippen molar-refractivity contribution in [3.63, 3.8) is 0 Å². The molecular formula is C20H20F3NO2. The van der Waals surface area contributed by atoms with E-state index in [0.29, 0.717) is 17.9 Å². The summed E-state index contributed by atoms with van der Waals surface area (Å²) in [4.78, 5) is 12.5. The first-order valence-corrected chi connectivity index (χ1v) is 8.49. The second-order valence-corrected chi connectivity index (χ2v) is 6.72. The lowest BCUT2D eigenvalue weighted by Gasteiger charge is -2.14. The van der Waals surface area contributed by atoms with Crippen LogP contribution in [0.15, 0.2) is 48.5 Å². The first kappa shape index (κ1) is 18.3. The van der Waals surface area contributed by atoms with Gasteiger partial charge in [-0.15, -0.1) is 0 Å². The number of alkyl halides is 3. The molecule has 1 aliphatic carbocycles. The van der Waals surface area contributed by atoms with Crippen LogP contribution in [0.3, 0.4) is 0 Å². The van der Waals surface area contributed by atoms with Crippen LogP contribution in [0.25, 0.3) is 0 Å². The molecule has 0 spiro atoms. The number of hydrogen-bond donors (Lipinski definition) is 1. The van der Waals surface area contributed by atoms with Gasteiger partial charge in [-0.2, -0.15) is 13.2 Å². The number of carbonyl (C=O) groups excluding carboxylic acids is 1. The highest BCUT2D eigenvalue weighted by atomic mass is 19.4. The average molecular weight is 363 g/mol. The molecule has 3 rings (SSSR count). The number of nitrogens with one attached hydrogen (secondary N) is 1. The highest BCUT2D eigenvalue weighted by Crippen LogP contribution is 2.48. The van der Waals surface area contributed by atoms with Crippen LogP contribution in [0.5, 0.6) is 5.75 Å². The number of para-hydroxylation sites is 2. The fourth-order valence-electron chi connectivity index (χ4n) is 2.92. The third-order valence-electron chi connectivity index (χ3n) is 4.30. The first-order valence-electron chi connectivity index (χ1n) is 8.49. The highest BCUT2D eigenvalue weighted by Gasteiger charge is 2.44. The molecule has 2 aromatic carbocycles. The van der Waals surface area contributed by atoms with Crippen molar-refractivity contribution in [3.8, 4) is 5.75 Å². The van der Waals surface area contributed by atoms with Gasteiger partial charge in [0.05, 0.1) is 17.4 Å². The Labute approximate surface area is 150 Å². The van der Waals surface area contributed by atoms with Crippen LogP contribution >= 0.6 is 0 Å². The van der Waals surface area contributed by atoms with Crippen LogP contribution in [0.1, 0.15) is 37.3 Å². The van der Waals surface area contributed by atoms with Crippen molar-refractivity contribution in [2.45, 2.75) is 38.5 Å². The number of ether oxygens (including phenoxy) is 1. The fourth-order valence-corrected chi connectivity index (χ4v) is 2.92. The second-order valence-electron chi connectivity index (χ2n) is 6.72. The summed E-state index contributed by atoms with van der Waals surface area (Å²) in [6, 6.07) is 12.2. The molecule has 0 bridgehead atoms. The van der Waals surface area contributed by atoms with Gasteiger partial charge >= 0.3 is 6.18 Å². The minimum Gasteiger partial charge on any atom is -0.489 e. The number of anilines is 1. The summed E-state index contributed by atoms with van der Waals surface area (Å²) in [5.74, 6) is 0.173. The van der Waals surface area contributed by atoms with Crippen molar-refractivity contribution in [2.24, 2.45) is 5.92 Å². The summed E-state index contributed by atoms with van der Waals surface area (Å²) in [6.07, 6.45) is -3.74. The topological polar surface area (TPSA) is 38.3 Å². The van der Waals surface area contributed by atoms with Gasteiger partial charge in [-0.05, 0) is 56.0 Å². The Hall–Kier alpha value is -2.50. The number of benzene rings is 2. The zero-order valence-electron chi connectivity index (χ0n) is 14.5. The molecule has 0 aliphatic heterocycles. The monoisotopic (exact) mass is 363 g/mol. The maximum atomic E-state index is 12.6. The molecule has 2 unspecified atom stereocenters. The molecular weight excluding hydrogens is 343 g/mol. The third kappa shape index (κ3) is 4.18. The SMILES string of the molecule is CC(C)Oc1ccccc1NC(=O)C1CC1c1ccc(C(F)(F)F)cc1. The number of carbonyl (C=O) groups is 1. The summed E-state index contributed by atoms with van der Waals surface area (Å²) < 4.78 is 43.6. The van der Waals surface area contributed by atoms with Crippen LogP contribution in [-0.4, -0.2) is 12.0 Å². The van der Waals surface area contributed by atoms with Gasteiger partial charge in [-0.3, -0.25) is 4.79 Å². The Kier molecular flexibility index (Phi) is 4.94. The Morgan fingerprint density at radius 1 is 1.12 bits per heavy atom. The summed E-state index contributed by atoms with van der Waals surface area (Å²) in [5, 5.41) is 2.87. The number of hydrogen-bond acceptors (Lipinski definition) is 2. The van der Waals surface area contributed by atoms with Crippen LogP contribution in [0.2, 0.25) is 0 Å². The quantitative estimate of drug-likeness (QED) is 0.789. The Morgan fingerprint density at radius 2 is 1.77 bits per heavy atom. The number of amides is 1. The van der Waals surface area contributed by atoms with Gasteiger partial charge in [0.2, 0.25) is 5.91 Å². The van der Waals surface area contributed by atoms with Gasteiger partial charge in [-0.1, -0.05) is 24.3 Å². The van der Waals surface area contributed by atoms with E-state index in [1.807, 2.05) is 26.0 Å². The molecule has 138 valence electrons. The molecule has 1 aliphatic rings. The molecule has 0 radical (unpaired) electrons. The molecule has 26 heavy (non-hydrogen) atoms. The first-order chi connectivity index (χ1) is 12.3. The maximum absolute atomic E-state index is 12.6. The van der Waals surface area contributed by atoms with Crippen molar-refractivity contribution in [1.29, 1.82) is 0 Å². The van der Waals surface area contributed by atoms with Crippen molar-refractivity contribution in [2.75, 3.05) is 5.32 Å². The van der Waals surface area contributed by atoms with Gasteiger partial charge in [-0.25, -0.2) is 0 Å². The smallest absolute Gasteiger partial charge is 0.416 e. The van der Waals surface area contributed by atoms with Gasteiger partial charge < -0.3 is 10.1 Å². The van der Waals surface area contributed by atoms with Crippen molar-refractivity contribution in [1.82, 2.24) is 0 Å². The molecule has 2 aromatic rings. The standard InChI is InChI=1S/C20H20F3NO2/c1-12(2)26-18-6-4-3-5-17(18)24-19(25)16-11-15(16)13-7-9-14(10-8-13)20(21,22)23/h3-10,12,15-16H,11H2,1-2H3,(H,24,25). The zero-order chi connectivity index (χ0) is 18.9. The molecule has 0 aromatic heterocycles. The lowest BCUT2D eigenvalue weighted by atomic mass is 10.1. The highest BCUT2D eigenvalue weighted by molar-refractivity contribution is 5.96. The number of halogens is 3. The van der Waals surface area contributed by atoms with Gasteiger partial charge in [0.1, 0.15) is 5.75 Å². The van der Waals surface area contributed by atoms with Gasteiger partial charge in [0.15, 0.2) is 0 Å². The molecule has 0 heterocycles. The normalized spacial score (nSPS) is 19.3. The summed E-state index contributed by atoms with van der Waals surface area (Å²) in [5.41, 5.74) is 0.678. The lowest BCUT2D eigenvalue weighted by Crippen LogP contribution is -2.16. The van der Waals surface area contributed by atoms with E-state index in [4.69, 9.17) is 4.74 Å². The second kappa shape index (κ2) is 7.02. The zero-order valence-corrected chi connectivity index (χ0v) is 14.5. The van der Waals surface area contributed by atoms with Gasteiger partial charge in [0.25, 0.3) is 0 Å². The predicted octanol–water partition coefficient (Wildman–Crippen LogP) is 5.23. The van der Waals surface area contributed by atoms with E-state index in [0.717, 1.165) is 17.7 Å². The summed E-state index contributed by atoms with van der Waals surface area (Å²) in [7, 11) is 0. The van der Waals surface area contributed by atoms with E-state index >= 15 is 0 Å². The van der Waals surface area contributed by atoms with E-state index in [9.17, 15) is 18.0 Å². The fraction of sp³-hybridized carbons (Fsp3) is 0.350. The van der Waals surface area contributed by atoms with E-state index in [2.05, 4.69) is 5.32 Å². The summed E-state index contributed by atoms with van der Waals surface area (Å²) in [6.45, 7) is 3.81. The minimum atomic E-state index is -4.35. The molecule has 1 fully saturated rings. The molecule has 0 saturated heterocycles. The van der Waals surface area contributed by atoms with E-state index in [1.165, 1.54) is 12.1 Å². The van der Waals surface area contributed by atoms with Crippen molar-refractivity contribution < 1.29 is 22.7 Å². The van der Waals surface area contributed by atoms with Crippen LogP contribution in [0.4, 0.5) is 18.9 Å². The minimum absolute atomic E-state index is 0.0196. The Bertz CT molecular complexity index is 784. The maximum Gasteiger partial charge on any atom is 0.416 e. The van der Waals surface area contributed by atoms with E-state index in [1.54, 1.807) is 12.1 Å². The Morgan fingerprint density at radius 3 is 2.38 bits per heavy atom. The molecule has 1 saturated carbocycles. The molecule has 3 nitrogen and oxygen atoms in total. The largest absolute Gasteiger partial charge is 0.489 e. The van der Waals surface area contributed by atoms with Crippen molar-refractivity contribution in [3.05, 3.63) is 59.7 Å². The van der Waals surface area contributed by atoms with E-state index in [-0.39, 0.29) is 23.8 Å². The van der Waals surface area contributed by atoms with Crippen LogP contribution in [-0.2, 0) is 11.0 Å². The molecule has 6 heteroatoms. The van der Waals surface area contributed by atoms with Gasteiger partial charge in [0, 0.05) is 5.92 Å². The third-order valence-corrected chi connectivity index (χ3v) is 4.30. The number of rotatable bonds is 5. The van der Waals surface area contributed by atoms with Crippen molar-refractivity contribution >= 4 is 11.6 Å². The summed E-state index contributed by atoms with van der Waals surface area (Å²) >= 11 is 0. The van der Waals surface area contributed by atoms with E-state index < -0.39 is 11.7 Å². The molecule has 1 N–H and O–H groups in total.